The van der Waals surface area contributed by atoms with Crippen molar-refractivity contribution in [1.82, 2.24) is 0 Å². The maximum atomic E-state index is 9.73. The molecular formula is C11H22O5. The van der Waals surface area contributed by atoms with Crippen LogP contribution < -0.4 is 0 Å². The van der Waals surface area contributed by atoms with Gasteiger partial charge in [0.25, 0.3) is 0 Å². The molecule has 0 amide bonds. The van der Waals surface area contributed by atoms with Crippen molar-refractivity contribution < 1.29 is 25.2 Å². The summed E-state index contributed by atoms with van der Waals surface area (Å²) < 4.78 is 5.06. The van der Waals surface area contributed by atoms with E-state index in [1.165, 1.54) is 6.26 Å². The molecule has 0 aliphatic rings. The molecule has 4 N–H and O–H groups in total. The van der Waals surface area contributed by atoms with Crippen LogP contribution in [0.1, 0.15) is 25.7 Å². The first-order valence-corrected chi connectivity index (χ1v) is 5.51. The summed E-state index contributed by atoms with van der Waals surface area (Å²) in [6.45, 7) is 3.36. The highest BCUT2D eigenvalue weighted by molar-refractivity contribution is 4.79. The Hall–Kier alpha value is -0.620. The van der Waals surface area contributed by atoms with E-state index in [0.29, 0.717) is 25.7 Å². The van der Waals surface area contributed by atoms with Crippen LogP contribution in [0.2, 0.25) is 0 Å². The normalized spacial score (nSPS) is 16.5. The first kappa shape index (κ1) is 15.4. The molecule has 0 aromatic carbocycles. The molecule has 0 spiro atoms. The van der Waals surface area contributed by atoms with Crippen molar-refractivity contribution in [2.45, 2.75) is 44.0 Å². The third-order valence-corrected chi connectivity index (χ3v) is 2.33. The molecule has 96 valence electrons. The van der Waals surface area contributed by atoms with E-state index in [1.54, 1.807) is 0 Å². The summed E-state index contributed by atoms with van der Waals surface area (Å²) in [5.74, 6) is 0. The van der Waals surface area contributed by atoms with Gasteiger partial charge in [0.15, 0.2) is 0 Å². The average Bonchev–Trinajstić information content (AvgIpc) is 2.29. The second-order valence-electron chi connectivity index (χ2n) is 3.63. The van der Waals surface area contributed by atoms with Gasteiger partial charge in [-0.25, -0.2) is 0 Å². The summed E-state index contributed by atoms with van der Waals surface area (Å²) in [6.07, 6.45) is 0.328. The third kappa shape index (κ3) is 6.07. The minimum absolute atomic E-state index is 0.00932. The Morgan fingerprint density at radius 3 is 1.75 bits per heavy atom. The highest BCUT2D eigenvalue weighted by Crippen LogP contribution is 2.14. The Labute approximate surface area is 96.0 Å². The van der Waals surface area contributed by atoms with Crippen LogP contribution in [-0.2, 0) is 4.74 Å². The predicted molar refractivity (Wildman–Crippen MR) is 59.7 cm³/mol. The van der Waals surface area contributed by atoms with E-state index in [1.807, 2.05) is 0 Å². The van der Waals surface area contributed by atoms with Crippen LogP contribution >= 0.6 is 0 Å². The lowest BCUT2D eigenvalue weighted by Gasteiger charge is -2.26. The zero-order chi connectivity index (χ0) is 12.4. The largest absolute Gasteiger partial charge is 0.493 e. The van der Waals surface area contributed by atoms with Gasteiger partial charge in [0.1, 0.15) is 6.10 Å². The number of hydrogen-bond donors (Lipinski definition) is 4. The summed E-state index contributed by atoms with van der Waals surface area (Å²) in [4.78, 5) is 0. The van der Waals surface area contributed by atoms with Crippen molar-refractivity contribution in [3.63, 3.8) is 0 Å². The molecule has 0 bridgehead atoms. The number of rotatable bonds is 10. The van der Waals surface area contributed by atoms with Crippen LogP contribution in [0.15, 0.2) is 12.8 Å². The van der Waals surface area contributed by atoms with Crippen LogP contribution in [0.4, 0.5) is 0 Å². The molecule has 0 radical (unpaired) electrons. The molecule has 0 fully saturated rings. The first-order chi connectivity index (χ1) is 7.67. The zero-order valence-corrected chi connectivity index (χ0v) is 9.46. The second kappa shape index (κ2) is 9.59. The Morgan fingerprint density at radius 2 is 1.44 bits per heavy atom. The minimum Gasteiger partial charge on any atom is -0.493 e. The Balaban J connectivity index is 4.15. The summed E-state index contributed by atoms with van der Waals surface area (Å²) in [5, 5.41) is 36.7. The second-order valence-corrected chi connectivity index (χ2v) is 3.63. The van der Waals surface area contributed by atoms with E-state index in [9.17, 15) is 10.2 Å². The van der Waals surface area contributed by atoms with Gasteiger partial charge in [0, 0.05) is 13.2 Å². The fourth-order valence-corrected chi connectivity index (χ4v) is 1.48. The van der Waals surface area contributed by atoms with Gasteiger partial charge in [0.2, 0.25) is 0 Å². The quantitative estimate of drug-likeness (QED) is 0.392. The van der Waals surface area contributed by atoms with Crippen molar-refractivity contribution in [3.8, 4) is 0 Å². The van der Waals surface area contributed by atoms with Gasteiger partial charge in [-0.3, -0.25) is 0 Å². The van der Waals surface area contributed by atoms with Crippen molar-refractivity contribution >= 4 is 0 Å². The number of aliphatic hydroxyl groups excluding tert-OH is 4. The molecule has 0 saturated carbocycles. The van der Waals surface area contributed by atoms with Crippen molar-refractivity contribution in [3.05, 3.63) is 12.8 Å². The maximum absolute atomic E-state index is 9.73. The van der Waals surface area contributed by atoms with Crippen LogP contribution in [0, 0.1) is 0 Å². The molecule has 5 nitrogen and oxygen atoms in total. The van der Waals surface area contributed by atoms with Crippen LogP contribution in [0.5, 0.6) is 0 Å². The molecule has 5 heteroatoms. The zero-order valence-electron chi connectivity index (χ0n) is 9.46. The standard InChI is InChI=1S/C11H22O5/c1-2-16-11(9(14)5-3-7-12)10(15)6-4-8-13/h2,9-15H,1,3-8H2. The minimum atomic E-state index is -0.848. The molecule has 0 saturated heterocycles. The van der Waals surface area contributed by atoms with E-state index in [2.05, 4.69) is 6.58 Å². The van der Waals surface area contributed by atoms with Gasteiger partial charge in [-0.2, -0.15) is 0 Å². The Kier molecular flexibility index (Phi) is 9.22. The lowest BCUT2D eigenvalue weighted by molar-refractivity contribution is -0.0730. The molecule has 0 aliphatic carbocycles. The first-order valence-electron chi connectivity index (χ1n) is 5.51. The third-order valence-electron chi connectivity index (χ3n) is 2.33. The topological polar surface area (TPSA) is 90.2 Å². The van der Waals surface area contributed by atoms with Crippen molar-refractivity contribution in [2.75, 3.05) is 13.2 Å². The van der Waals surface area contributed by atoms with Gasteiger partial charge in [-0.1, -0.05) is 6.58 Å². The molecule has 0 rings (SSSR count). The lowest BCUT2D eigenvalue weighted by atomic mass is 10.0. The molecule has 0 aliphatic heterocycles. The molecule has 2 atom stereocenters. The van der Waals surface area contributed by atoms with Crippen molar-refractivity contribution in [2.24, 2.45) is 0 Å². The number of aliphatic hydroxyl groups is 4. The van der Waals surface area contributed by atoms with E-state index in [-0.39, 0.29) is 13.2 Å². The van der Waals surface area contributed by atoms with E-state index in [0.717, 1.165) is 0 Å². The highest BCUT2D eigenvalue weighted by Gasteiger charge is 2.27. The fourth-order valence-electron chi connectivity index (χ4n) is 1.48. The smallest absolute Gasteiger partial charge is 0.149 e. The molecular weight excluding hydrogens is 212 g/mol. The monoisotopic (exact) mass is 234 g/mol. The van der Waals surface area contributed by atoms with Gasteiger partial charge < -0.3 is 25.2 Å². The summed E-state index contributed by atoms with van der Waals surface area (Å²) in [7, 11) is 0. The number of hydrogen-bond acceptors (Lipinski definition) is 5. The SMILES string of the molecule is C=COC(C(O)CCCO)C(O)CCCO. The van der Waals surface area contributed by atoms with Gasteiger partial charge in [-0.05, 0) is 25.7 Å². The predicted octanol–water partition coefficient (Wildman–Crippen LogP) is -0.218. The molecule has 0 aromatic rings. The van der Waals surface area contributed by atoms with Crippen molar-refractivity contribution in [1.29, 1.82) is 0 Å². The highest BCUT2D eigenvalue weighted by atomic mass is 16.5. The summed E-state index contributed by atoms with van der Waals surface area (Å²) >= 11 is 0. The molecule has 0 heterocycles. The van der Waals surface area contributed by atoms with Gasteiger partial charge in [-0.15, -0.1) is 0 Å². The average molecular weight is 234 g/mol. The molecule has 0 aromatic heterocycles. The maximum Gasteiger partial charge on any atom is 0.149 e. The van der Waals surface area contributed by atoms with E-state index < -0.39 is 18.3 Å². The fraction of sp³-hybridized carbons (Fsp3) is 0.818. The molecule has 2 unspecified atom stereocenters. The van der Waals surface area contributed by atoms with Crippen LogP contribution in [0.3, 0.4) is 0 Å². The number of ether oxygens (including phenoxy) is 1. The summed E-state index contributed by atoms with van der Waals surface area (Å²) in [5.41, 5.74) is 0. The summed E-state index contributed by atoms with van der Waals surface area (Å²) in [6, 6.07) is 0. The lowest BCUT2D eigenvalue weighted by Crippen LogP contribution is -2.39. The van der Waals surface area contributed by atoms with E-state index in [4.69, 9.17) is 14.9 Å². The molecule has 16 heavy (non-hydrogen) atoms. The van der Waals surface area contributed by atoms with Gasteiger partial charge >= 0.3 is 0 Å². The van der Waals surface area contributed by atoms with Crippen LogP contribution in [-0.4, -0.2) is 52.0 Å². The van der Waals surface area contributed by atoms with E-state index >= 15 is 0 Å². The Bertz CT molecular complexity index is 160. The Morgan fingerprint density at radius 1 is 1.00 bits per heavy atom. The van der Waals surface area contributed by atoms with Crippen LogP contribution in [0.25, 0.3) is 0 Å². The van der Waals surface area contributed by atoms with Gasteiger partial charge in [0.05, 0.1) is 18.5 Å².